The van der Waals surface area contributed by atoms with E-state index >= 15 is 0 Å². The van der Waals surface area contributed by atoms with Crippen molar-refractivity contribution in [2.24, 2.45) is 10.9 Å². The normalized spacial score (nSPS) is 20.8. The van der Waals surface area contributed by atoms with Gasteiger partial charge in [-0.1, -0.05) is 26.0 Å². The topological polar surface area (TPSA) is 66.0 Å². The van der Waals surface area contributed by atoms with E-state index in [1.807, 2.05) is 43.0 Å². The lowest BCUT2D eigenvalue weighted by Crippen LogP contribution is -2.48. The van der Waals surface area contributed by atoms with Gasteiger partial charge in [0, 0.05) is 31.2 Å². The Morgan fingerprint density at radius 1 is 1.17 bits per heavy atom. The second-order valence-corrected chi connectivity index (χ2v) is 8.04. The molecule has 1 amide bonds. The van der Waals surface area contributed by atoms with Gasteiger partial charge in [-0.2, -0.15) is 0 Å². The summed E-state index contributed by atoms with van der Waals surface area (Å²) in [6, 6.07) is 8.11. The number of hydrogen-bond acceptors (Lipinski definition) is 3. The van der Waals surface area contributed by atoms with Crippen LogP contribution in [0.15, 0.2) is 29.3 Å². The fraction of sp³-hybridized carbons (Fsp3) is 0.636. The zero-order valence-corrected chi connectivity index (χ0v) is 20.9. The van der Waals surface area contributed by atoms with E-state index in [4.69, 9.17) is 4.74 Å². The highest BCUT2D eigenvalue weighted by molar-refractivity contribution is 14.0. The van der Waals surface area contributed by atoms with Gasteiger partial charge in [0.15, 0.2) is 5.96 Å². The van der Waals surface area contributed by atoms with Crippen LogP contribution in [0, 0.1) is 5.92 Å². The number of guanidine groups is 1. The smallest absolute Gasteiger partial charge is 0.254 e. The Morgan fingerprint density at radius 2 is 1.76 bits per heavy atom. The fourth-order valence-electron chi connectivity index (χ4n) is 3.15. The summed E-state index contributed by atoms with van der Waals surface area (Å²) >= 11 is 0. The first kappa shape index (κ1) is 25.7. The summed E-state index contributed by atoms with van der Waals surface area (Å²) in [6.07, 6.45) is 0.151. The van der Waals surface area contributed by atoms with Crippen LogP contribution >= 0.6 is 24.0 Å². The van der Waals surface area contributed by atoms with E-state index in [1.165, 1.54) is 0 Å². The molecule has 0 aromatic heterocycles. The van der Waals surface area contributed by atoms with E-state index in [0.717, 1.165) is 18.1 Å². The lowest BCUT2D eigenvalue weighted by Gasteiger charge is -2.35. The number of morpholine rings is 1. The molecule has 1 aliphatic rings. The number of ether oxygens (including phenoxy) is 1. The van der Waals surface area contributed by atoms with E-state index in [-0.39, 0.29) is 42.1 Å². The van der Waals surface area contributed by atoms with Crippen LogP contribution < -0.4 is 10.6 Å². The van der Waals surface area contributed by atoms with Crippen molar-refractivity contribution in [3.05, 3.63) is 35.4 Å². The molecule has 29 heavy (non-hydrogen) atoms. The Hall–Kier alpha value is -1.35. The number of hydrogen-bond donors (Lipinski definition) is 2. The van der Waals surface area contributed by atoms with Crippen LogP contribution in [-0.2, 0) is 11.3 Å². The Labute approximate surface area is 192 Å². The monoisotopic (exact) mass is 516 g/mol. The summed E-state index contributed by atoms with van der Waals surface area (Å²) in [5.41, 5.74) is 1.79. The molecule has 1 aromatic carbocycles. The van der Waals surface area contributed by atoms with Crippen LogP contribution in [0.1, 0.15) is 57.5 Å². The summed E-state index contributed by atoms with van der Waals surface area (Å²) in [5.74, 6) is 1.41. The van der Waals surface area contributed by atoms with Crippen LogP contribution in [0.2, 0.25) is 0 Å². The van der Waals surface area contributed by atoms with Gasteiger partial charge in [-0.25, -0.2) is 4.99 Å². The SMILES string of the molecule is CCNC(=NCc1ccc(C(=O)N2CC(C)OC(C)C2)cc1)NC(C)C(C)C.I. The Morgan fingerprint density at radius 3 is 2.28 bits per heavy atom. The number of nitrogens with zero attached hydrogens (tertiary/aromatic N) is 2. The van der Waals surface area contributed by atoms with Gasteiger partial charge < -0.3 is 20.3 Å². The van der Waals surface area contributed by atoms with Crippen LogP contribution in [0.3, 0.4) is 0 Å². The van der Waals surface area contributed by atoms with Gasteiger partial charge in [-0.05, 0) is 51.3 Å². The minimum Gasteiger partial charge on any atom is -0.372 e. The van der Waals surface area contributed by atoms with Crippen molar-refractivity contribution in [3.63, 3.8) is 0 Å². The Bertz CT molecular complexity index is 653. The van der Waals surface area contributed by atoms with Gasteiger partial charge in [0.2, 0.25) is 0 Å². The number of nitrogens with one attached hydrogen (secondary N) is 2. The van der Waals surface area contributed by atoms with Crippen molar-refractivity contribution in [2.75, 3.05) is 19.6 Å². The summed E-state index contributed by atoms with van der Waals surface area (Å²) in [5, 5.41) is 6.72. The number of rotatable bonds is 6. The Balaban J connectivity index is 0.00000420. The maximum atomic E-state index is 12.8. The van der Waals surface area contributed by atoms with Gasteiger partial charge in [0.25, 0.3) is 5.91 Å². The molecule has 164 valence electrons. The molecule has 0 aliphatic carbocycles. The summed E-state index contributed by atoms with van der Waals surface area (Å²) in [6.45, 7) is 15.3. The first-order valence-corrected chi connectivity index (χ1v) is 10.4. The number of halogens is 1. The molecular formula is C22H37IN4O2. The minimum atomic E-state index is 0. The lowest BCUT2D eigenvalue weighted by molar-refractivity contribution is -0.0586. The molecule has 1 heterocycles. The molecule has 3 unspecified atom stereocenters. The molecule has 1 fully saturated rings. The van der Waals surface area contributed by atoms with Gasteiger partial charge in [0.05, 0.1) is 18.8 Å². The fourth-order valence-corrected chi connectivity index (χ4v) is 3.15. The molecule has 1 aliphatic heterocycles. The largest absolute Gasteiger partial charge is 0.372 e. The van der Waals surface area contributed by atoms with Crippen molar-refractivity contribution >= 4 is 35.8 Å². The highest BCUT2D eigenvalue weighted by atomic mass is 127. The highest BCUT2D eigenvalue weighted by Gasteiger charge is 2.26. The van der Waals surface area contributed by atoms with Gasteiger partial charge in [-0.15, -0.1) is 24.0 Å². The Kier molecular flexibility index (Phi) is 11.0. The molecule has 2 N–H and O–H groups in total. The summed E-state index contributed by atoms with van der Waals surface area (Å²) in [7, 11) is 0. The second-order valence-electron chi connectivity index (χ2n) is 8.04. The van der Waals surface area contributed by atoms with Gasteiger partial charge in [0.1, 0.15) is 0 Å². The van der Waals surface area contributed by atoms with E-state index < -0.39 is 0 Å². The average molecular weight is 516 g/mol. The molecular weight excluding hydrogens is 479 g/mol. The molecule has 0 saturated carbocycles. The maximum Gasteiger partial charge on any atom is 0.254 e. The van der Waals surface area contributed by atoms with Crippen LogP contribution in [0.5, 0.6) is 0 Å². The molecule has 1 saturated heterocycles. The first-order valence-electron chi connectivity index (χ1n) is 10.4. The quantitative estimate of drug-likeness (QED) is 0.344. The number of carbonyl (C=O) groups is 1. The van der Waals surface area contributed by atoms with Gasteiger partial charge >= 0.3 is 0 Å². The zero-order valence-electron chi connectivity index (χ0n) is 18.6. The maximum absolute atomic E-state index is 12.8. The predicted octanol–water partition coefficient (Wildman–Crippen LogP) is 3.65. The summed E-state index contributed by atoms with van der Waals surface area (Å²) < 4.78 is 5.72. The third-order valence-corrected chi connectivity index (χ3v) is 5.04. The van der Waals surface area contributed by atoms with Crippen molar-refractivity contribution in [1.29, 1.82) is 0 Å². The highest BCUT2D eigenvalue weighted by Crippen LogP contribution is 2.15. The van der Waals surface area contributed by atoms with Crippen molar-refractivity contribution in [1.82, 2.24) is 15.5 Å². The average Bonchev–Trinajstić information content (AvgIpc) is 2.65. The molecule has 3 atom stereocenters. The predicted molar refractivity (Wildman–Crippen MR) is 130 cm³/mol. The number of carbonyl (C=O) groups excluding carboxylic acids is 1. The molecule has 0 bridgehead atoms. The lowest BCUT2D eigenvalue weighted by atomic mass is 10.1. The number of benzene rings is 1. The van der Waals surface area contributed by atoms with Gasteiger partial charge in [-0.3, -0.25) is 4.79 Å². The van der Waals surface area contributed by atoms with E-state index in [1.54, 1.807) is 0 Å². The number of aliphatic imine (C=N–C) groups is 1. The van der Waals surface area contributed by atoms with E-state index in [0.29, 0.717) is 37.2 Å². The van der Waals surface area contributed by atoms with Crippen molar-refractivity contribution in [2.45, 2.75) is 66.3 Å². The molecule has 0 spiro atoms. The van der Waals surface area contributed by atoms with Crippen molar-refractivity contribution < 1.29 is 9.53 Å². The first-order chi connectivity index (χ1) is 13.3. The van der Waals surface area contributed by atoms with Crippen LogP contribution in [0.25, 0.3) is 0 Å². The number of amides is 1. The van der Waals surface area contributed by atoms with Crippen LogP contribution in [-0.4, -0.2) is 54.7 Å². The van der Waals surface area contributed by atoms with E-state index in [9.17, 15) is 4.79 Å². The molecule has 6 nitrogen and oxygen atoms in total. The standard InChI is InChI=1S/C22H36N4O2.HI/c1-7-23-22(25-18(6)15(2)3)24-12-19-8-10-20(11-9-19)21(27)26-13-16(4)28-17(5)14-26;/h8-11,15-18H,7,12-14H2,1-6H3,(H2,23,24,25);1H. The zero-order chi connectivity index (χ0) is 20.7. The third-order valence-electron chi connectivity index (χ3n) is 5.04. The summed E-state index contributed by atoms with van der Waals surface area (Å²) in [4.78, 5) is 19.3. The van der Waals surface area contributed by atoms with Crippen LogP contribution in [0.4, 0.5) is 0 Å². The molecule has 2 rings (SSSR count). The molecule has 0 radical (unpaired) electrons. The minimum absolute atomic E-state index is 0. The third kappa shape index (κ3) is 8.12. The molecule has 1 aromatic rings. The molecule has 7 heteroatoms. The van der Waals surface area contributed by atoms with E-state index in [2.05, 4.69) is 43.3 Å². The second kappa shape index (κ2) is 12.4. The van der Waals surface area contributed by atoms with Crippen molar-refractivity contribution in [3.8, 4) is 0 Å².